The standard InChI is InChI=1S/C13H26N2/c1-11(2,3)13(6,10-15(7)8)12(4,5)9-14/h10H2,1-8H3. The summed E-state index contributed by atoms with van der Waals surface area (Å²) in [7, 11) is 4.13. The third-order valence-corrected chi connectivity index (χ3v) is 3.95. The number of nitriles is 1. The smallest absolute Gasteiger partial charge is 0.0690 e. The maximum Gasteiger partial charge on any atom is 0.0690 e. The van der Waals surface area contributed by atoms with Crippen LogP contribution in [-0.4, -0.2) is 25.5 Å². The van der Waals surface area contributed by atoms with Crippen molar-refractivity contribution in [1.82, 2.24) is 4.90 Å². The summed E-state index contributed by atoms with van der Waals surface area (Å²) in [5, 5.41) is 9.34. The van der Waals surface area contributed by atoms with Gasteiger partial charge in [-0.15, -0.1) is 0 Å². The van der Waals surface area contributed by atoms with Crippen LogP contribution in [-0.2, 0) is 0 Å². The van der Waals surface area contributed by atoms with Crippen molar-refractivity contribution in [3.05, 3.63) is 0 Å². The number of rotatable bonds is 3. The van der Waals surface area contributed by atoms with Crippen LogP contribution in [0.15, 0.2) is 0 Å². The Morgan fingerprint density at radius 1 is 1.00 bits per heavy atom. The molecule has 0 heterocycles. The summed E-state index contributed by atoms with van der Waals surface area (Å²) in [6, 6.07) is 2.47. The Morgan fingerprint density at radius 2 is 1.40 bits per heavy atom. The van der Waals surface area contributed by atoms with Gasteiger partial charge in [0.15, 0.2) is 0 Å². The first-order valence-electron chi connectivity index (χ1n) is 5.54. The van der Waals surface area contributed by atoms with Crippen molar-refractivity contribution in [3.63, 3.8) is 0 Å². The van der Waals surface area contributed by atoms with E-state index in [-0.39, 0.29) is 16.2 Å². The first-order valence-corrected chi connectivity index (χ1v) is 5.54. The summed E-state index contributed by atoms with van der Waals surface area (Å²) in [5.41, 5.74) is -0.246. The maximum absolute atomic E-state index is 9.34. The highest BCUT2D eigenvalue weighted by Gasteiger charge is 2.49. The van der Waals surface area contributed by atoms with E-state index in [1.165, 1.54) is 0 Å². The Kier molecular flexibility index (Phi) is 3.98. The number of hydrogen-bond donors (Lipinski definition) is 0. The number of hydrogen-bond acceptors (Lipinski definition) is 2. The molecule has 0 aromatic heterocycles. The highest BCUT2D eigenvalue weighted by molar-refractivity contribution is 5.08. The molecule has 15 heavy (non-hydrogen) atoms. The Balaban J connectivity index is 5.34. The van der Waals surface area contributed by atoms with Crippen LogP contribution >= 0.6 is 0 Å². The monoisotopic (exact) mass is 210 g/mol. The molecule has 1 unspecified atom stereocenters. The van der Waals surface area contributed by atoms with Gasteiger partial charge in [-0.05, 0) is 33.4 Å². The van der Waals surface area contributed by atoms with Crippen molar-refractivity contribution < 1.29 is 0 Å². The zero-order valence-corrected chi connectivity index (χ0v) is 11.6. The molecule has 0 aliphatic carbocycles. The van der Waals surface area contributed by atoms with E-state index in [0.29, 0.717) is 0 Å². The van der Waals surface area contributed by atoms with Crippen LogP contribution in [0.4, 0.5) is 0 Å². The van der Waals surface area contributed by atoms with Gasteiger partial charge >= 0.3 is 0 Å². The fourth-order valence-corrected chi connectivity index (χ4v) is 2.13. The fourth-order valence-electron chi connectivity index (χ4n) is 2.13. The van der Waals surface area contributed by atoms with E-state index in [4.69, 9.17) is 0 Å². The lowest BCUT2D eigenvalue weighted by molar-refractivity contribution is -0.0129. The minimum absolute atomic E-state index is 0.0295. The van der Waals surface area contributed by atoms with E-state index >= 15 is 0 Å². The van der Waals surface area contributed by atoms with Gasteiger partial charge in [0.1, 0.15) is 0 Å². The molecule has 2 nitrogen and oxygen atoms in total. The van der Waals surface area contributed by atoms with Gasteiger partial charge in [0.2, 0.25) is 0 Å². The Bertz CT molecular complexity index is 253. The predicted molar refractivity (Wildman–Crippen MR) is 65.5 cm³/mol. The molecule has 2 heteroatoms. The third-order valence-electron chi connectivity index (χ3n) is 3.95. The summed E-state index contributed by atoms with van der Waals surface area (Å²) >= 11 is 0. The highest BCUT2D eigenvalue weighted by atomic mass is 15.1. The van der Waals surface area contributed by atoms with E-state index in [9.17, 15) is 5.26 Å². The van der Waals surface area contributed by atoms with Crippen molar-refractivity contribution in [2.75, 3.05) is 20.6 Å². The lowest BCUT2D eigenvalue weighted by atomic mass is 9.55. The Hall–Kier alpha value is -0.550. The second-order valence-electron chi connectivity index (χ2n) is 6.56. The average Bonchev–Trinajstić information content (AvgIpc) is 2.00. The largest absolute Gasteiger partial charge is 0.309 e. The summed E-state index contributed by atoms with van der Waals surface area (Å²) in [4.78, 5) is 2.17. The van der Waals surface area contributed by atoms with E-state index in [2.05, 4.69) is 52.8 Å². The second kappa shape index (κ2) is 4.14. The van der Waals surface area contributed by atoms with Gasteiger partial charge in [-0.25, -0.2) is 0 Å². The van der Waals surface area contributed by atoms with E-state index in [1.807, 2.05) is 13.8 Å². The Labute approximate surface area is 95.3 Å². The first-order chi connectivity index (χ1) is 6.48. The lowest BCUT2D eigenvalue weighted by Gasteiger charge is -2.51. The molecule has 0 rings (SSSR count). The van der Waals surface area contributed by atoms with Gasteiger partial charge in [0.05, 0.1) is 11.5 Å². The zero-order valence-electron chi connectivity index (χ0n) is 11.6. The van der Waals surface area contributed by atoms with E-state index < -0.39 is 0 Å². The average molecular weight is 210 g/mol. The van der Waals surface area contributed by atoms with E-state index in [1.54, 1.807) is 0 Å². The van der Waals surface area contributed by atoms with Crippen LogP contribution in [0.25, 0.3) is 0 Å². The van der Waals surface area contributed by atoms with Crippen molar-refractivity contribution >= 4 is 0 Å². The van der Waals surface area contributed by atoms with Gasteiger partial charge in [-0.2, -0.15) is 5.26 Å². The molecule has 0 bridgehead atoms. The molecule has 0 radical (unpaired) electrons. The summed E-state index contributed by atoms with van der Waals surface area (Å²) in [5.74, 6) is 0. The van der Waals surface area contributed by atoms with Crippen molar-refractivity contribution in [1.29, 1.82) is 5.26 Å². The summed E-state index contributed by atoms with van der Waals surface area (Å²) in [6.45, 7) is 13.9. The highest BCUT2D eigenvalue weighted by Crippen LogP contribution is 2.51. The van der Waals surface area contributed by atoms with Crippen LogP contribution in [0.5, 0.6) is 0 Å². The Morgan fingerprint density at radius 3 is 1.60 bits per heavy atom. The van der Waals surface area contributed by atoms with Gasteiger partial charge in [-0.1, -0.05) is 27.7 Å². The topological polar surface area (TPSA) is 27.0 Å². The van der Waals surface area contributed by atoms with Crippen molar-refractivity contribution in [3.8, 4) is 6.07 Å². The lowest BCUT2D eigenvalue weighted by Crippen LogP contribution is -2.50. The molecule has 0 aliphatic rings. The molecule has 0 saturated carbocycles. The number of nitrogens with zero attached hydrogens (tertiary/aromatic N) is 2. The molecule has 0 amide bonds. The molecule has 0 aromatic rings. The zero-order chi connectivity index (χ0) is 12.5. The first kappa shape index (κ1) is 14.5. The van der Waals surface area contributed by atoms with Crippen LogP contribution in [0.2, 0.25) is 0 Å². The third kappa shape index (κ3) is 2.72. The maximum atomic E-state index is 9.34. The molecular weight excluding hydrogens is 184 g/mol. The van der Waals surface area contributed by atoms with Crippen LogP contribution in [0.1, 0.15) is 41.5 Å². The molecule has 0 spiro atoms. The fraction of sp³-hybridized carbons (Fsp3) is 0.923. The van der Waals surface area contributed by atoms with Crippen molar-refractivity contribution in [2.24, 2.45) is 16.2 Å². The van der Waals surface area contributed by atoms with Gasteiger partial charge in [-0.3, -0.25) is 0 Å². The quantitative estimate of drug-likeness (QED) is 0.715. The second-order valence-corrected chi connectivity index (χ2v) is 6.56. The normalized spacial score (nSPS) is 17.3. The minimum atomic E-state index is -0.324. The molecule has 88 valence electrons. The van der Waals surface area contributed by atoms with Gasteiger partial charge in [0, 0.05) is 12.0 Å². The molecule has 0 aliphatic heterocycles. The summed E-state index contributed by atoms with van der Waals surface area (Å²) < 4.78 is 0. The molecule has 1 atom stereocenters. The van der Waals surface area contributed by atoms with Crippen LogP contribution in [0.3, 0.4) is 0 Å². The van der Waals surface area contributed by atoms with Crippen LogP contribution < -0.4 is 0 Å². The van der Waals surface area contributed by atoms with Gasteiger partial charge in [0.25, 0.3) is 0 Å². The summed E-state index contributed by atoms with van der Waals surface area (Å²) in [6.07, 6.45) is 0. The minimum Gasteiger partial charge on any atom is -0.309 e. The molecule has 0 aromatic carbocycles. The molecule has 0 N–H and O–H groups in total. The molecule has 0 fully saturated rings. The van der Waals surface area contributed by atoms with E-state index in [0.717, 1.165) is 6.54 Å². The van der Waals surface area contributed by atoms with Crippen molar-refractivity contribution in [2.45, 2.75) is 41.5 Å². The van der Waals surface area contributed by atoms with Crippen LogP contribution in [0, 0.1) is 27.6 Å². The van der Waals surface area contributed by atoms with Gasteiger partial charge < -0.3 is 4.90 Å². The predicted octanol–water partition coefficient (Wildman–Crippen LogP) is 3.15. The SMILES string of the molecule is CN(C)CC(C)(C(C)(C)C)C(C)(C)C#N. The molecule has 0 saturated heterocycles. The molecular formula is C13H26N2.